The predicted octanol–water partition coefficient (Wildman–Crippen LogP) is 12.7. The second-order valence-electron chi connectivity index (χ2n) is 14.2. The van der Waals surface area contributed by atoms with Gasteiger partial charge in [-0.15, -0.1) is 0 Å². The minimum absolute atomic E-state index is 0.154. The lowest BCUT2D eigenvalue weighted by Gasteiger charge is -2.21. The van der Waals surface area contributed by atoms with Gasteiger partial charge in [0.2, 0.25) is 0 Å². The van der Waals surface area contributed by atoms with E-state index in [2.05, 4.69) is 159 Å². The summed E-state index contributed by atoms with van der Waals surface area (Å²) in [5.41, 5.74) is 17.3. The van der Waals surface area contributed by atoms with E-state index in [1.165, 1.54) is 44.5 Å². The van der Waals surface area contributed by atoms with E-state index in [4.69, 9.17) is 9.97 Å². The third-order valence-corrected chi connectivity index (χ3v) is 10.6. The van der Waals surface area contributed by atoms with Crippen LogP contribution in [-0.4, -0.2) is 9.97 Å². The highest BCUT2D eigenvalue weighted by molar-refractivity contribution is 5.86. The Bertz CT molecular complexity index is 2670. The second-order valence-corrected chi connectivity index (χ2v) is 14.2. The van der Waals surface area contributed by atoms with Gasteiger partial charge in [-0.05, 0) is 86.0 Å². The average Bonchev–Trinajstić information content (AvgIpc) is 3.46. The van der Waals surface area contributed by atoms with Crippen molar-refractivity contribution in [3.8, 4) is 84.5 Å². The van der Waals surface area contributed by atoms with Crippen molar-refractivity contribution < 1.29 is 0 Å². The molecule has 8 aromatic rings. The molecule has 1 aromatic heterocycles. The van der Waals surface area contributed by atoms with Crippen LogP contribution in [0.1, 0.15) is 30.5 Å². The Labute approximate surface area is 310 Å². The predicted molar refractivity (Wildman–Crippen MR) is 217 cm³/mol. The van der Waals surface area contributed by atoms with Gasteiger partial charge >= 0.3 is 0 Å². The molecule has 9 rings (SSSR count). The van der Waals surface area contributed by atoms with Crippen molar-refractivity contribution >= 4 is 0 Å². The smallest absolute Gasteiger partial charge is 0.160 e. The third kappa shape index (κ3) is 5.91. The number of hydrogen-bond acceptors (Lipinski definition) is 3. The molecule has 3 heteroatoms. The Hall–Kier alpha value is -6.89. The summed E-state index contributed by atoms with van der Waals surface area (Å²) >= 11 is 0. The molecule has 1 aliphatic carbocycles. The Morgan fingerprint density at radius 2 is 0.887 bits per heavy atom. The van der Waals surface area contributed by atoms with Crippen molar-refractivity contribution in [3.05, 3.63) is 193 Å². The maximum absolute atomic E-state index is 9.53. The zero-order chi connectivity index (χ0) is 35.9. The second kappa shape index (κ2) is 13.0. The van der Waals surface area contributed by atoms with Crippen LogP contribution in [0.15, 0.2) is 176 Å². The van der Waals surface area contributed by atoms with Crippen molar-refractivity contribution in [1.29, 1.82) is 5.26 Å². The lowest BCUT2D eigenvalue weighted by Crippen LogP contribution is -2.15. The molecule has 0 bridgehead atoms. The molecule has 0 radical (unpaired) electrons. The van der Waals surface area contributed by atoms with Gasteiger partial charge in [0.05, 0.1) is 23.0 Å². The van der Waals surface area contributed by atoms with Gasteiger partial charge in [0.1, 0.15) is 0 Å². The first-order chi connectivity index (χ1) is 25.9. The van der Waals surface area contributed by atoms with Crippen LogP contribution in [0.25, 0.3) is 78.4 Å². The van der Waals surface area contributed by atoms with Crippen molar-refractivity contribution in [3.63, 3.8) is 0 Å². The van der Waals surface area contributed by atoms with E-state index in [1.54, 1.807) is 0 Å². The van der Waals surface area contributed by atoms with Crippen LogP contribution >= 0.6 is 0 Å². The third-order valence-electron chi connectivity index (χ3n) is 10.6. The first kappa shape index (κ1) is 32.0. The number of nitrogens with zero attached hydrogens (tertiary/aromatic N) is 3. The molecule has 0 amide bonds. The minimum atomic E-state index is -0.154. The highest BCUT2D eigenvalue weighted by atomic mass is 14.9. The lowest BCUT2D eigenvalue weighted by atomic mass is 9.81. The minimum Gasteiger partial charge on any atom is -0.228 e. The molecule has 1 aliphatic rings. The zero-order valence-corrected chi connectivity index (χ0v) is 29.6. The molecule has 7 aromatic carbocycles. The molecule has 0 aliphatic heterocycles. The molecule has 3 nitrogen and oxygen atoms in total. The van der Waals surface area contributed by atoms with Gasteiger partial charge < -0.3 is 0 Å². The fourth-order valence-corrected chi connectivity index (χ4v) is 7.64. The van der Waals surface area contributed by atoms with Gasteiger partial charge in [0.15, 0.2) is 5.82 Å². The quantitative estimate of drug-likeness (QED) is 0.176. The summed E-state index contributed by atoms with van der Waals surface area (Å²) in [6.45, 7) is 4.49. The highest BCUT2D eigenvalue weighted by Crippen LogP contribution is 2.50. The lowest BCUT2D eigenvalue weighted by molar-refractivity contribution is 0.660. The number of rotatable bonds is 6. The van der Waals surface area contributed by atoms with Crippen molar-refractivity contribution in [2.45, 2.75) is 19.3 Å². The van der Waals surface area contributed by atoms with Crippen LogP contribution in [0.5, 0.6) is 0 Å². The molecule has 0 saturated heterocycles. The molecule has 0 saturated carbocycles. The molecular formula is C50H35N3. The average molecular weight is 678 g/mol. The zero-order valence-electron chi connectivity index (χ0n) is 29.6. The van der Waals surface area contributed by atoms with E-state index in [1.807, 2.05) is 36.4 Å². The molecule has 1 heterocycles. The van der Waals surface area contributed by atoms with Crippen LogP contribution in [-0.2, 0) is 5.41 Å². The van der Waals surface area contributed by atoms with Crippen LogP contribution < -0.4 is 0 Å². The molecule has 0 atom stereocenters. The Morgan fingerprint density at radius 3 is 1.51 bits per heavy atom. The monoisotopic (exact) mass is 677 g/mol. The van der Waals surface area contributed by atoms with E-state index in [9.17, 15) is 5.26 Å². The van der Waals surface area contributed by atoms with Crippen LogP contribution in [0.4, 0.5) is 0 Å². The number of nitriles is 1. The molecule has 0 unspecified atom stereocenters. The normalized spacial score (nSPS) is 12.5. The van der Waals surface area contributed by atoms with Gasteiger partial charge in [0.25, 0.3) is 0 Å². The van der Waals surface area contributed by atoms with Gasteiger partial charge in [-0.3, -0.25) is 0 Å². The van der Waals surface area contributed by atoms with Crippen molar-refractivity contribution in [1.82, 2.24) is 9.97 Å². The Balaban J connectivity index is 1.04. The maximum atomic E-state index is 9.53. The summed E-state index contributed by atoms with van der Waals surface area (Å²) in [6, 6.07) is 63.9. The van der Waals surface area contributed by atoms with Crippen LogP contribution in [0.2, 0.25) is 0 Å². The number of benzene rings is 7. The van der Waals surface area contributed by atoms with Gasteiger partial charge in [-0.25, -0.2) is 9.97 Å². The molecule has 0 fully saturated rings. The Kier molecular flexibility index (Phi) is 7.87. The van der Waals surface area contributed by atoms with E-state index in [0.29, 0.717) is 11.4 Å². The summed E-state index contributed by atoms with van der Waals surface area (Å²) in [5.74, 6) is 0.702. The molecule has 250 valence electrons. The highest BCUT2D eigenvalue weighted by Gasteiger charge is 2.35. The summed E-state index contributed by atoms with van der Waals surface area (Å²) in [5, 5.41) is 9.53. The van der Waals surface area contributed by atoms with E-state index < -0.39 is 0 Å². The fourth-order valence-electron chi connectivity index (χ4n) is 7.64. The summed E-state index contributed by atoms with van der Waals surface area (Å²) in [4.78, 5) is 10.1. The van der Waals surface area contributed by atoms with Gasteiger partial charge in [-0.2, -0.15) is 5.26 Å². The number of aromatic nitrogens is 2. The van der Waals surface area contributed by atoms with Gasteiger partial charge in [0, 0.05) is 22.1 Å². The summed E-state index contributed by atoms with van der Waals surface area (Å²) in [7, 11) is 0. The number of fused-ring (bicyclic) bond motifs is 3. The van der Waals surface area contributed by atoms with E-state index in [0.717, 1.165) is 39.2 Å². The van der Waals surface area contributed by atoms with Crippen LogP contribution in [0.3, 0.4) is 0 Å². The van der Waals surface area contributed by atoms with Crippen LogP contribution in [0, 0.1) is 11.3 Å². The molecule has 0 N–H and O–H groups in total. The molecular weight excluding hydrogens is 643 g/mol. The maximum Gasteiger partial charge on any atom is 0.160 e. The summed E-state index contributed by atoms with van der Waals surface area (Å²) < 4.78 is 0. The first-order valence-electron chi connectivity index (χ1n) is 18.0. The largest absolute Gasteiger partial charge is 0.228 e. The topological polar surface area (TPSA) is 49.6 Å². The first-order valence-corrected chi connectivity index (χ1v) is 18.0. The number of hydrogen-bond donors (Lipinski definition) is 0. The Morgan fingerprint density at radius 1 is 0.396 bits per heavy atom. The fraction of sp³-hybridized carbons (Fsp3) is 0.0600. The SMILES string of the molecule is CC1(C)c2ccc(-c3cccc(-c4ccc(-c5cc(-c6ccc(-c7ccccc7)cc6)nc(-c6ccccc6)n5)cc4)c3)cc2-c2ccc(C#N)cc21. The summed E-state index contributed by atoms with van der Waals surface area (Å²) in [6.07, 6.45) is 0. The van der Waals surface area contributed by atoms with Gasteiger partial charge in [-0.1, -0.05) is 159 Å². The van der Waals surface area contributed by atoms with Crippen molar-refractivity contribution in [2.24, 2.45) is 0 Å². The van der Waals surface area contributed by atoms with E-state index >= 15 is 0 Å². The molecule has 53 heavy (non-hydrogen) atoms. The molecule has 0 spiro atoms. The standard InChI is InChI=1S/C50H35N3/c1-50(2)45-27-25-42(30-44(45)43-26-16-33(32-51)28-46(43)50)41-15-9-14-40(29-41)36-19-23-38(24-20-36)48-31-47(52-49(53-48)39-12-7-4-8-13-39)37-21-17-35(18-22-37)34-10-5-3-6-11-34/h3-31H,1-2H3. The van der Waals surface area contributed by atoms with Crippen molar-refractivity contribution in [2.75, 3.05) is 0 Å². The van der Waals surface area contributed by atoms with E-state index in [-0.39, 0.29) is 5.41 Å².